The van der Waals surface area contributed by atoms with Crippen molar-refractivity contribution < 1.29 is 22.7 Å². The van der Waals surface area contributed by atoms with Crippen LogP contribution in [-0.4, -0.2) is 67.4 Å². The van der Waals surface area contributed by atoms with E-state index in [1.807, 2.05) is 6.92 Å². The van der Waals surface area contributed by atoms with Gasteiger partial charge in [-0.25, -0.2) is 8.42 Å². The second-order valence-corrected chi connectivity index (χ2v) is 8.47. The van der Waals surface area contributed by atoms with Crippen molar-refractivity contribution in [2.45, 2.75) is 31.9 Å². The van der Waals surface area contributed by atoms with Crippen LogP contribution < -0.4 is 0 Å². The van der Waals surface area contributed by atoms with Crippen LogP contribution in [0.1, 0.15) is 26.7 Å². The first kappa shape index (κ1) is 18.3. The standard InChI is InChI=1S/C13H23NO5S2/c1-3-6-14(8-13(16)19-4-2)12(15)9-20-11-5-7-21(17,18)10-11/h11H,3-10H2,1-2H3. The summed E-state index contributed by atoms with van der Waals surface area (Å²) in [5.74, 6) is 0.0169. The Balaban J connectivity index is 2.43. The summed E-state index contributed by atoms with van der Waals surface area (Å²) >= 11 is 1.37. The van der Waals surface area contributed by atoms with E-state index in [4.69, 9.17) is 4.74 Å². The predicted molar refractivity (Wildman–Crippen MR) is 83.0 cm³/mol. The fourth-order valence-electron chi connectivity index (χ4n) is 2.10. The highest BCUT2D eigenvalue weighted by Crippen LogP contribution is 2.24. The lowest BCUT2D eigenvalue weighted by Gasteiger charge is -2.21. The molecule has 0 aromatic carbocycles. The van der Waals surface area contributed by atoms with Crippen LogP contribution in [0.2, 0.25) is 0 Å². The molecule has 1 amide bonds. The molecule has 0 aromatic heterocycles. The first-order valence-electron chi connectivity index (χ1n) is 7.13. The molecule has 1 unspecified atom stereocenters. The summed E-state index contributed by atoms with van der Waals surface area (Å²) in [6.07, 6.45) is 1.36. The third kappa shape index (κ3) is 6.69. The number of carbonyl (C=O) groups is 2. The predicted octanol–water partition coefficient (Wildman–Crippen LogP) is 0.708. The molecule has 8 heteroatoms. The summed E-state index contributed by atoms with van der Waals surface area (Å²) < 4.78 is 27.6. The number of hydrogen-bond acceptors (Lipinski definition) is 6. The van der Waals surface area contributed by atoms with E-state index in [9.17, 15) is 18.0 Å². The molecule has 0 saturated carbocycles. The van der Waals surface area contributed by atoms with Gasteiger partial charge in [-0.15, -0.1) is 11.8 Å². The van der Waals surface area contributed by atoms with Gasteiger partial charge in [0.2, 0.25) is 5.91 Å². The van der Waals surface area contributed by atoms with Crippen LogP contribution in [0.25, 0.3) is 0 Å². The third-order valence-electron chi connectivity index (χ3n) is 3.10. The average Bonchev–Trinajstić information content (AvgIpc) is 2.75. The first-order valence-corrected chi connectivity index (χ1v) is 10.0. The van der Waals surface area contributed by atoms with Crippen molar-refractivity contribution in [3.8, 4) is 0 Å². The molecule has 1 rings (SSSR count). The normalized spacial score (nSPS) is 20.2. The summed E-state index contributed by atoms with van der Waals surface area (Å²) in [6, 6.07) is 0. The van der Waals surface area contributed by atoms with E-state index in [-0.39, 0.29) is 35.0 Å². The topological polar surface area (TPSA) is 80.8 Å². The molecule has 21 heavy (non-hydrogen) atoms. The van der Waals surface area contributed by atoms with Gasteiger partial charge in [0.25, 0.3) is 0 Å². The maximum Gasteiger partial charge on any atom is 0.325 e. The second-order valence-electron chi connectivity index (χ2n) is 4.96. The number of carbonyl (C=O) groups excluding carboxylic acids is 2. The minimum absolute atomic E-state index is 0.00924. The van der Waals surface area contributed by atoms with Crippen molar-refractivity contribution in [1.82, 2.24) is 4.90 Å². The molecule has 6 nitrogen and oxygen atoms in total. The molecular weight excluding hydrogens is 314 g/mol. The summed E-state index contributed by atoms with van der Waals surface area (Å²) in [4.78, 5) is 25.1. The van der Waals surface area contributed by atoms with E-state index in [0.717, 1.165) is 6.42 Å². The van der Waals surface area contributed by atoms with E-state index < -0.39 is 15.8 Å². The molecule has 1 saturated heterocycles. The number of amides is 1. The molecule has 122 valence electrons. The zero-order valence-corrected chi connectivity index (χ0v) is 14.2. The molecule has 0 aliphatic carbocycles. The van der Waals surface area contributed by atoms with Gasteiger partial charge >= 0.3 is 5.97 Å². The largest absolute Gasteiger partial charge is 0.465 e. The van der Waals surface area contributed by atoms with Crippen LogP contribution >= 0.6 is 11.8 Å². The Morgan fingerprint density at radius 2 is 2.05 bits per heavy atom. The molecular formula is C13H23NO5S2. The number of sulfone groups is 1. The van der Waals surface area contributed by atoms with Gasteiger partial charge in [0.15, 0.2) is 9.84 Å². The molecule has 0 aromatic rings. The van der Waals surface area contributed by atoms with Gasteiger partial charge in [-0.3, -0.25) is 9.59 Å². The lowest BCUT2D eigenvalue weighted by atomic mass is 10.4. The molecule has 0 radical (unpaired) electrons. The van der Waals surface area contributed by atoms with Crippen molar-refractivity contribution in [2.75, 3.05) is 37.0 Å². The maximum atomic E-state index is 12.1. The molecule has 1 atom stereocenters. The Labute approximate surface area is 130 Å². The van der Waals surface area contributed by atoms with Crippen molar-refractivity contribution in [3.63, 3.8) is 0 Å². The van der Waals surface area contributed by atoms with Crippen LogP contribution in [-0.2, 0) is 24.2 Å². The summed E-state index contributed by atoms with van der Waals surface area (Å²) in [6.45, 7) is 4.41. The second kappa shape index (κ2) is 8.63. The molecule has 1 aliphatic heterocycles. The number of rotatable bonds is 8. The monoisotopic (exact) mass is 337 g/mol. The number of ether oxygens (including phenoxy) is 1. The highest BCUT2D eigenvalue weighted by atomic mass is 32.2. The van der Waals surface area contributed by atoms with Crippen LogP contribution in [0.5, 0.6) is 0 Å². The number of nitrogens with zero attached hydrogens (tertiary/aromatic N) is 1. The molecule has 0 bridgehead atoms. The molecule has 1 fully saturated rings. The number of hydrogen-bond donors (Lipinski definition) is 0. The van der Waals surface area contributed by atoms with Crippen LogP contribution in [0, 0.1) is 0 Å². The average molecular weight is 337 g/mol. The van der Waals surface area contributed by atoms with Gasteiger partial charge in [-0.1, -0.05) is 6.92 Å². The van der Waals surface area contributed by atoms with Crippen molar-refractivity contribution in [2.24, 2.45) is 0 Å². The zero-order valence-electron chi connectivity index (χ0n) is 12.5. The zero-order chi connectivity index (χ0) is 15.9. The van der Waals surface area contributed by atoms with E-state index in [1.54, 1.807) is 6.92 Å². The van der Waals surface area contributed by atoms with Crippen LogP contribution in [0.3, 0.4) is 0 Å². The fourth-order valence-corrected chi connectivity index (χ4v) is 5.64. The lowest BCUT2D eigenvalue weighted by molar-refractivity contribution is -0.148. The summed E-state index contributed by atoms with van der Waals surface area (Å²) in [5, 5.41) is -0.00924. The smallest absolute Gasteiger partial charge is 0.325 e. The molecule has 0 N–H and O–H groups in total. The lowest BCUT2D eigenvalue weighted by Crippen LogP contribution is -2.38. The number of esters is 1. The van der Waals surface area contributed by atoms with Gasteiger partial charge in [0.05, 0.1) is 23.9 Å². The third-order valence-corrected chi connectivity index (χ3v) is 6.37. The van der Waals surface area contributed by atoms with Gasteiger partial charge in [-0.05, 0) is 19.8 Å². The highest BCUT2D eigenvalue weighted by Gasteiger charge is 2.29. The van der Waals surface area contributed by atoms with Crippen molar-refractivity contribution in [3.05, 3.63) is 0 Å². The minimum Gasteiger partial charge on any atom is -0.465 e. The van der Waals surface area contributed by atoms with Gasteiger partial charge in [0.1, 0.15) is 6.54 Å². The van der Waals surface area contributed by atoms with Crippen LogP contribution in [0.4, 0.5) is 0 Å². The fraction of sp³-hybridized carbons (Fsp3) is 0.846. The van der Waals surface area contributed by atoms with E-state index >= 15 is 0 Å². The van der Waals surface area contributed by atoms with E-state index in [0.29, 0.717) is 19.6 Å². The van der Waals surface area contributed by atoms with Crippen molar-refractivity contribution >= 4 is 33.5 Å². The Hall–Kier alpha value is -0.760. The van der Waals surface area contributed by atoms with Gasteiger partial charge < -0.3 is 9.64 Å². The van der Waals surface area contributed by atoms with E-state index in [1.165, 1.54) is 16.7 Å². The Morgan fingerprint density at radius 3 is 2.57 bits per heavy atom. The number of thioether (sulfide) groups is 1. The van der Waals surface area contributed by atoms with Gasteiger partial charge in [-0.2, -0.15) is 0 Å². The Bertz CT molecular complexity index is 463. The van der Waals surface area contributed by atoms with Gasteiger partial charge in [0, 0.05) is 11.8 Å². The summed E-state index contributed by atoms with van der Waals surface area (Å²) in [5.41, 5.74) is 0. The van der Waals surface area contributed by atoms with Crippen LogP contribution in [0.15, 0.2) is 0 Å². The Kier molecular flexibility index (Phi) is 7.51. The summed E-state index contributed by atoms with van der Waals surface area (Å²) in [7, 11) is -2.92. The molecule has 0 spiro atoms. The van der Waals surface area contributed by atoms with E-state index in [2.05, 4.69) is 0 Å². The SMILES string of the molecule is CCCN(CC(=O)OCC)C(=O)CSC1CCS(=O)(=O)C1. The first-order chi connectivity index (χ1) is 9.88. The molecule has 1 aliphatic rings. The minimum atomic E-state index is -2.92. The highest BCUT2D eigenvalue weighted by molar-refractivity contribution is 8.02. The quantitative estimate of drug-likeness (QED) is 0.607. The maximum absolute atomic E-state index is 12.1. The molecule has 1 heterocycles. The van der Waals surface area contributed by atoms with Crippen molar-refractivity contribution in [1.29, 1.82) is 0 Å². The Morgan fingerprint density at radius 1 is 1.33 bits per heavy atom.